The smallest absolute Gasteiger partial charge is 0.154 e. The molecule has 4 heteroatoms. The standard InChI is InChI=1S/C16H24O2S2/c1-6-11-20(17,18)12-13(2)19-15-9-7-14(8-10-15)16(3,4)5/h6-10,13H,1,11-12H2,2-5H3. The zero-order valence-electron chi connectivity index (χ0n) is 12.7. The van der Waals surface area contributed by atoms with Crippen LogP contribution in [0.2, 0.25) is 0 Å². The van der Waals surface area contributed by atoms with Gasteiger partial charge in [0.25, 0.3) is 0 Å². The average Bonchev–Trinajstić information content (AvgIpc) is 2.27. The third-order valence-electron chi connectivity index (χ3n) is 2.92. The summed E-state index contributed by atoms with van der Waals surface area (Å²) in [4.78, 5) is 1.11. The molecule has 1 atom stereocenters. The van der Waals surface area contributed by atoms with Crippen molar-refractivity contribution in [1.29, 1.82) is 0 Å². The van der Waals surface area contributed by atoms with Crippen LogP contribution < -0.4 is 0 Å². The molecule has 0 amide bonds. The van der Waals surface area contributed by atoms with Gasteiger partial charge in [-0.25, -0.2) is 8.42 Å². The van der Waals surface area contributed by atoms with E-state index < -0.39 is 9.84 Å². The summed E-state index contributed by atoms with van der Waals surface area (Å²) in [5.41, 5.74) is 1.43. The third-order valence-corrected chi connectivity index (χ3v) is 5.99. The van der Waals surface area contributed by atoms with Crippen LogP contribution in [0.3, 0.4) is 0 Å². The third kappa shape index (κ3) is 5.71. The van der Waals surface area contributed by atoms with E-state index in [-0.39, 0.29) is 22.2 Å². The monoisotopic (exact) mass is 312 g/mol. The van der Waals surface area contributed by atoms with Crippen LogP contribution in [0.1, 0.15) is 33.3 Å². The van der Waals surface area contributed by atoms with Crippen LogP contribution in [0, 0.1) is 0 Å². The molecule has 0 aliphatic rings. The Balaban J connectivity index is 2.67. The first-order chi connectivity index (χ1) is 9.14. The molecule has 0 radical (unpaired) electrons. The molecule has 2 nitrogen and oxygen atoms in total. The number of hydrogen-bond donors (Lipinski definition) is 0. The van der Waals surface area contributed by atoms with E-state index in [1.54, 1.807) is 11.8 Å². The highest BCUT2D eigenvalue weighted by Gasteiger charge is 2.16. The van der Waals surface area contributed by atoms with Gasteiger partial charge in [-0.3, -0.25) is 0 Å². The van der Waals surface area contributed by atoms with Crippen molar-refractivity contribution >= 4 is 21.6 Å². The van der Waals surface area contributed by atoms with E-state index in [0.29, 0.717) is 0 Å². The molecule has 0 heterocycles. The van der Waals surface area contributed by atoms with Crippen molar-refractivity contribution in [1.82, 2.24) is 0 Å². The molecule has 1 rings (SSSR count). The summed E-state index contributed by atoms with van der Waals surface area (Å²) in [6, 6.07) is 8.38. The summed E-state index contributed by atoms with van der Waals surface area (Å²) in [6.45, 7) is 12.0. The van der Waals surface area contributed by atoms with Crippen LogP contribution >= 0.6 is 11.8 Å². The summed E-state index contributed by atoms with van der Waals surface area (Å²) < 4.78 is 23.5. The first-order valence-corrected chi connectivity index (χ1v) is 9.42. The van der Waals surface area contributed by atoms with Gasteiger partial charge in [0.1, 0.15) is 0 Å². The second-order valence-corrected chi connectivity index (χ2v) is 9.73. The molecule has 112 valence electrons. The summed E-state index contributed by atoms with van der Waals surface area (Å²) in [6.07, 6.45) is 1.45. The Morgan fingerprint density at radius 3 is 2.25 bits per heavy atom. The molecule has 20 heavy (non-hydrogen) atoms. The van der Waals surface area contributed by atoms with Gasteiger partial charge in [-0.2, -0.15) is 0 Å². The normalized spacial score (nSPS) is 14.0. The molecule has 0 N–H and O–H groups in total. The minimum Gasteiger partial charge on any atom is -0.228 e. The number of sulfone groups is 1. The molecule has 0 aliphatic heterocycles. The number of benzene rings is 1. The molecule has 1 unspecified atom stereocenters. The fourth-order valence-electron chi connectivity index (χ4n) is 1.91. The van der Waals surface area contributed by atoms with Crippen molar-refractivity contribution in [3.8, 4) is 0 Å². The van der Waals surface area contributed by atoms with E-state index in [1.807, 2.05) is 6.92 Å². The molecule has 0 aliphatic carbocycles. The SMILES string of the molecule is C=CCS(=O)(=O)CC(C)Sc1ccc(C(C)(C)C)cc1. The highest BCUT2D eigenvalue weighted by Crippen LogP contribution is 2.28. The highest BCUT2D eigenvalue weighted by molar-refractivity contribution is 8.01. The molecule has 0 saturated carbocycles. The lowest BCUT2D eigenvalue weighted by atomic mass is 9.87. The largest absolute Gasteiger partial charge is 0.228 e. The van der Waals surface area contributed by atoms with Crippen molar-refractivity contribution in [3.05, 3.63) is 42.5 Å². The van der Waals surface area contributed by atoms with Crippen LogP contribution in [0.15, 0.2) is 41.8 Å². The minimum atomic E-state index is -3.02. The summed E-state index contributed by atoms with van der Waals surface area (Å²) in [5, 5.41) is 0.0421. The van der Waals surface area contributed by atoms with Gasteiger partial charge < -0.3 is 0 Å². The first-order valence-electron chi connectivity index (χ1n) is 6.72. The van der Waals surface area contributed by atoms with E-state index in [0.717, 1.165) is 4.90 Å². The van der Waals surface area contributed by atoms with Crippen molar-refractivity contribution in [2.45, 2.75) is 43.3 Å². The molecular formula is C16H24O2S2. The number of hydrogen-bond acceptors (Lipinski definition) is 3. The fraction of sp³-hybridized carbons (Fsp3) is 0.500. The summed E-state index contributed by atoms with van der Waals surface area (Å²) in [7, 11) is -3.02. The maximum Gasteiger partial charge on any atom is 0.154 e. The topological polar surface area (TPSA) is 34.1 Å². The predicted molar refractivity (Wildman–Crippen MR) is 89.3 cm³/mol. The first kappa shape index (κ1) is 17.3. The van der Waals surface area contributed by atoms with Gasteiger partial charge in [-0.15, -0.1) is 18.3 Å². The van der Waals surface area contributed by atoms with E-state index in [1.165, 1.54) is 11.6 Å². The molecule has 0 spiro atoms. The van der Waals surface area contributed by atoms with Gasteiger partial charge >= 0.3 is 0 Å². The Kier molecular flexibility index (Phi) is 5.90. The Bertz CT molecular complexity index is 537. The minimum absolute atomic E-state index is 0.0421. The van der Waals surface area contributed by atoms with Gasteiger partial charge in [-0.05, 0) is 23.1 Å². The average molecular weight is 313 g/mol. The highest BCUT2D eigenvalue weighted by atomic mass is 32.2. The molecular weight excluding hydrogens is 288 g/mol. The van der Waals surface area contributed by atoms with Gasteiger partial charge in [0, 0.05) is 10.1 Å². The van der Waals surface area contributed by atoms with Crippen LogP contribution in [0.4, 0.5) is 0 Å². The second-order valence-electron chi connectivity index (χ2n) is 6.07. The van der Waals surface area contributed by atoms with Gasteiger partial charge in [-0.1, -0.05) is 45.9 Å². The zero-order valence-corrected chi connectivity index (χ0v) is 14.4. The predicted octanol–water partition coefficient (Wildman–Crippen LogP) is 4.07. The van der Waals surface area contributed by atoms with Gasteiger partial charge in [0.15, 0.2) is 9.84 Å². The molecule has 1 aromatic rings. The van der Waals surface area contributed by atoms with Crippen molar-refractivity contribution in [2.24, 2.45) is 0 Å². The fourth-order valence-corrected chi connectivity index (χ4v) is 4.77. The lowest BCUT2D eigenvalue weighted by Gasteiger charge is -2.19. The van der Waals surface area contributed by atoms with Gasteiger partial charge in [0.05, 0.1) is 11.5 Å². The molecule has 0 aromatic heterocycles. The lowest BCUT2D eigenvalue weighted by Crippen LogP contribution is -2.17. The zero-order chi connectivity index (χ0) is 15.4. The van der Waals surface area contributed by atoms with Crippen LogP contribution in [-0.2, 0) is 15.3 Å². The van der Waals surface area contributed by atoms with Crippen LogP contribution in [0.25, 0.3) is 0 Å². The van der Waals surface area contributed by atoms with E-state index >= 15 is 0 Å². The molecule has 1 aromatic carbocycles. The van der Waals surface area contributed by atoms with E-state index in [2.05, 4.69) is 51.6 Å². The molecule has 0 saturated heterocycles. The number of rotatable bonds is 6. The van der Waals surface area contributed by atoms with E-state index in [4.69, 9.17) is 0 Å². The Morgan fingerprint density at radius 1 is 1.25 bits per heavy atom. The molecule has 0 bridgehead atoms. The van der Waals surface area contributed by atoms with Gasteiger partial charge in [0.2, 0.25) is 0 Å². The maximum atomic E-state index is 11.7. The second kappa shape index (κ2) is 6.81. The lowest BCUT2D eigenvalue weighted by molar-refractivity contribution is 0.589. The Hall–Kier alpha value is -0.740. The quantitative estimate of drug-likeness (QED) is 0.586. The Labute approximate surface area is 127 Å². The van der Waals surface area contributed by atoms with E-state index in [9.17, 15) is 8.42 Å². The number of thioether (sulfide) groups is 1. The summed E-state index contributed by atoms with van der Waals surface area (Å²) in [5.74, 6) is 0.242. The van der Waals surface area contributed by atoms with Crippen molar-refractivity contribution in [3.63, 3.8) is 0 Å². The Morgan fingerprint density at radius 2 is 1.80 bits per heavy atom. The van der Waals surface area contributed by atoms with Crippen molar-refractivity contribution < 1.29 is 8.42 Å². The van der Waals surface area contributed by atoms with Crippen molar-refractivity contribution in [2.75, 3.05) is 11.5 Å². The van der Waals surface area contributed by atoms with Crippen LogP contribution in [0.5, 0.6) is 0 Å². The summed E-state index contributed by atoms with van der Waals surface area (Å²) >= 11 is 1.60. The molecule has 0 fully saturated rings. The van der Waals surface area contributed by atoms with Crippen LogP contribution in [-0.4, -0.2) is 25.2 Å². The maximum absolute atomic E-state index is 11.7.